The summed E-state index contributed by atoms with van der Waals surface area (Å²) in [5, 5.41) is 20.3. The quantitative estimate of drug-likeness (QED) is 0.763. The van der Waals surface area contributed by atoms with Gasteiger partial charge in [0.25, 0.3) is 5.91 Å². The molecule has 0 aromatic heterocycles. The van der Waals surface area contributed by atoms with Crippen LogP contribution in [0.4, 0.5) is 0 Å². The molecule has 1 rings (SSSR count). The van der Waals surface area contributed by atoms with Crippen LogP contribution in [0.3, 0.4) is 0 Å². The van der Waals surface area contributed by atoms with Gasteiger partial charge in [0.2, 0.25) is 0 Å². The number of aryl methyl sites for hydroxylation is 1. The Balaban J connectivity index is 2.84. The first-order valence-electron chi connectivity index (χ1n) is 4.54. The normalized spacial score (nSPS) is 11.5. The predicted octanol–water partition coefficient (Wildman–Crippen LogP) is 1.34. The molecule has 1 aromatic rings. The molecule has 15 heavy (non-hydrogen) atoms. The van der Waals surface area contributed by atoms with E-state index in [0.29, 0.717) is 11.1 Å². The largest absolute Gasteiger partial charge is 0.508 e. The van der Waals surface area contributed by atoms with Gasteiger partial charge in [-0.15, -0.1) is 0 Å². The van der Waals surface area contributed by atoms with Crippen LogP contribution in [0.5, 0.6) is 5.75 Å². The molecule has 1 amide bonds. The van der Waals surface area contributed by atoms with Gasteiger partial charge in [0.1, 0.15) is 11.8 Å². The Labute approximate surface area is 88.2 Å². The number of carbonyl (C=O) groups is 1. The zero-order valence-electron chi connectivity index (χ0n) is 8.61. The maximum absolute atomic E-state index is 11.5. The summed E-state index contributed by atoms with van der Waals surface area (Å²) in [6.45, 7) is 3.31. The predicted molar refractivity (Wildman–Crippen MR) is 55.4 cm³/mol. The van der Waals surface area contributed by atoms with Crippen molar-refractivity contribution in [1.82, 2.24) is 5.32 Å². The van der Waals surface area contributed by atoms with Crippen LogP contribution < -0.4 is 5.32 Å². The first kappa shape index (κ1) is 11.1. The summed E-state index contributed by atoms with van der Waals surface area (Å²) < 4.78 is 0. The van der Waals surface area contributed by atoms with E-state index in [2.05, 4.69) is 5.32 Å². The molecule has 2 N–H and O–H groups in total. The smallest absolute Gasteiger partial charge is 0.252 e. The van der Waals surface area contributed by atoms with Crippen molar-refractivity contribution in [2.45, 2.75) is 19.9 Å². The first-order chi connectivity index (χ1) is 7.04. The third-order valence-corrected chi connectivity index (χ3v) is 2.00. The van der Waals surface area contributed by atoms with Gasteiger partial charge >= 0.3 is 0 Å². The van der Waals surface area contributed by atoms with E-state index < -0.39 is 6.04 Å². The molecular weight excluding hydrogens is 192 g/mol. The highest BCUT2D eigenvalue weighted by molar-refractivity contribution is 5.94. The van der Waals surface area contributed by atoms with E-state index in [1.165, 1.54) is 12.1 Å². The number of amides is 1. The number of carbonyl (C=O) groups excluding carboxylic acids is 1. The van der Waals surface area contributed by atoms with Gasteiger partial charge < -0.3 is 10.4 Å². The van der Waals surface area contributed by atoms with E-state index in [0.717, 1.165) is 0 Å². The van der Waals surface area contributed by atoms with Crippen molar-refractivity contribution in [2.75, 3.05) is 0 Å². The number of rotatable bonds is 2. The zero-order valence-corrected chi connectivity index (χ0v) is 8.61. The molecule has 4 heteroatoms. The number of hydrogen-bond donors (Lipinski definition) is 2. The molecule has 1 atom stereocenters. The van der Waals surface area contributed by atoms with E-state index in [9.17, 15) is 9.90 Å². The molecule has 78 valence electrons. The van der Waals surface area contributed by atoms with Gasteiger partial charge in [-0.05, 0) is 37.6 Å². The summed E-state index contributed by atoms with van der Waals surface area (Å²) >= 11 is 0. The number of benzene rings is 1. The molecule has 0 saturated carbocycles. The minimum atomic E-state index is -0.522. The van der Waals surface area contributed by atoms with Crippen molar-refractivity contribution in [3.8, 4) is 11.8 Å². The highest BCUT2D eigenvalue weighted by atomic mass is 16.3. The van der Waals surface area contributed by atoms with Gasteiger partial charge in [0.05, 0.1) is 6.07 Å². The van der Waals surface area contributed by atoms with E-state index >= 15 is 0 Å². The summed E-state index contributed by atoms with van der Waals surface area (Å²) in [6.07, 6.45) is 0. The lowest BCUT2D eigenvalue weighted by atomic mass is 10.1. The van der Waals surface area contributed by atoms with E-state index in [1.807, 2.05) is 6.07 Å². The number of phenolic OH excluding ortho intramolecular Hbond substituents is 1. The molecule has 0 aliphatic heterocycles. The van der Waals surface area contributed by atoms with Crippen molar-refractivity contribution in [3.63, 3.8) is 0 Å². The summed E-state index contributed by atoms with van der Waals surface area (Å²) in [7, 11) is 0. The molecule has 0 fully saturated rings. The van der Waals surface area contributed by atoms with Crippen LogP contribution in [-0.4, -0.2) is 17.1 Å². The molecule has 0 radical (unpaired) electrons. The molecule has 4 nitrogen and oxygen atoms in total. The number of nitrogens with one attached hydrogen (secondary N) is 1. The molecular formula is C11H12N2O2. The minimum Gasteiger partial charge on any atom is -0.508 e. The number of nitrogens with zero attached hydrogens (tertiary/aromatic N) is 1. The van der Waals surface area contributed by atoms with Gasteiger partial charge in [-0.3, -0.25) is 4.79 Å². The van der Waals surface area contributed by atoms with Crippen molar-refractivity contribution >= 4 is 5.91 Å². The first-order valence-corrected chi connectivity index (χ1v) is 4.54. The maximum Gasteiger partial charge on any atom is 0.252 e. The molecule has 0 spiro atoms. The number of nitriles is 1. The Morgan fingerprint density at radius 2 is 2.27 bits per heavy atom. The van der Waals surface area contributed by atoms with Gasteiger partial charge in [-0.25, -0.2) is 0 Å². The molecule has 0 aliphatic carbocycles. The zero-order chi connectivity index (χ0) is 11.4. The fraction of sp³-hybridized carbons (Fsp3) is 0.273. The monoisotopic (exact) mass is 204 g/mol. The Morgan fingerprint density at radius 3 is 2.80 bits per heavy atom. The number of hydrogen-bond acceptors (Lipinski definition) is 3. The average molecular weight is 204 g/mol. The van der Waals surface area contributed by atoms with Crippen LogP contribution >= 0.6 is 0 Å². The molecule has 0 aliphatic rings. The van der Waals surface area contributed by atoms with Crippen LogP contribution in [0.1, 0.15) is 22.8 Å². The lowest BCUT2D eigenvalue weighted by molar-refractivity contribution is 0.0947. The Kier molecular flexibility index (Phi) is 3.29. The van der Waals surface area contributed by atoms with Crippen LogP contribution in [0, 0.1) is 18.3 Å². The Hall–Kier alpha value is -2.02. The minimum absolute atomic E-state index is 0.153. The second-order valence-corrected chi connectivity index (χ2v) is 3.33. The van der Waals surface area contributed by atoms with Crippen LogP contribution in [0.25, 0.3) is 0 Å². The van der Waals surface area contributed by atoms with Gasteiger partial charge in [0, 0.05) is 5.56 Å². The summed E-state index contributed by atoms with van der Waals surface area (Å²) in [4.78, 5) is 11.5. The van der Waals surface area contributed by atoms with Crippen LogP contribution in [-0.2, 0) is 0 Å². The van der Waals surface area contributed by atoms with Gasteiger partial charge in [-0.1, -0.05) is 0 Å². The standard InChI is InChI=1S/C11H12N2O2/c1-7-5-9(3-4-10(7)14)11(15)13-8(2)6-12/h3-5,8,14H,1-2H3,(H,13,15). The maximum atomic E-state index is 11.5. The van der Waals surface area contributed by atoms with E-state index in [4.69, 9.17) is 5.26 Å². The number of phenols is 1. The molecule has 0 saturated heterocycles. The second kappa shape index (κ2) is 4.47. The van der Waals surface area contributed by atoms with Crippen LogP contribution in [0.15, 0.2) is 18.2 Å². The highest BCUT2D eigenvalue weighted by Crippen LogP contribution is 2.16. The fourth-order valence-corrected chi connectivity index (χ4v) is 1.11. The lowest BCUT2D eigenvalue weighted by Crippen LogP contribution is -2.31. The molecule has 0 heterocycles. The second-order valence-electron chi connectivity index (χ2n) is 3.33. The topological polar surface area (TPSA) is 73.1 Å². The summed E-state index contributed by atoms with van der Waals surface area (Å²) in [5.41, 5.74) is 1.07. The third-order valence-electron chi connectivity index (χ3n) is 2.00. The van der Waals surface area contributed by atoms with E-state index in [-0.39, 0.29) is 11.7 Å². The van der Waals surface area contributed by atoms with Crippen molar-refractivity contribution in [2.24, 2.45) is 0 Å². The number of aromatic hydroxyl groups is 1. The van der Waals surface area contributed by atoms with Gasteiger partial charge in [-0.2, -0.15) is 5.26 Å². The van der Waals surface area contributed by atoms with E-state index in [1.54, 1.807) is 19.9 Å². The summed E-state index contributed by atoms with van der Waals surface area (Å²) in [6, 6.07) is 5.94. The molecule has 0 bridgehead atoms. The van der Waals surface area contributed by atoms with Gasteiger partial charge in [0.15, 0.2) is 0 Å². The molecule has 1 unspecified atom stereocenters. The Bertz CT molecular complexity index is 421. The van der Waals surface area contributed by atoms with Crippen molar-refractivity contribution < 1.29 is 9.90 Å². The van der Waals surface area contributed by atoms with Crippen molar-refractivity contribution in [1.29, 1.82) is 5.26 Å². The highest BCUT2D eigenvalue weighted by Gasteiger charge is 2.09. The fourth-order valence-electron chi connectivity index (χ4n) is 1.11. The Morgan fingerprint density at radius 1 is 1.60 bits per heavy atom. The lowest BCUT2D eigenvalue weighted by Gasteiger charge is -2.07. The summed E-state index contributed by atoms with van der Waals surface area (Å²) in [5.74, 6) is -0.160. The SMILES string of the molecule is Cc1cc(C(=O)NC(C)C#N)ccc1O. The van der Waals surface area contributed by atoms with Crippen molar-refractivity contribution in [3.05, 3.63) is 29.3 Å². The average Bonchev–Trinajstić information content (AvgIpc) is 2.21. The molecule has 1 aromatic carbocycles. The third kappa shape index (κ3) is 2.71. The van der Waals surface area contributed by atoms with Crippen LogP contribution in [0.2, 0.25) is 0 Å².